The van der Waals surface area contributed by atoms with E-state index in [9.17, 15) is 4.79 Å². The number of carbonyl (C=O) groups excluding carboxylic acids is 1. The molecule has 1 unspecified atom stereocenters. The highest BCUT2D eigenvalue weighted by atomic mass is 16.5. The van der Waals surface area contributed by atoms with Gasteiger partial charge in [-0.3, -0.25) is 4.79 Å². The first-order valence-electron chi connectivity index (χ1n) is 5.74. The van der Waals surface area contributed by atoms with Crippen LogP contribution >= 0.6 is 0 Å². The van der Waals surface area contributed by atoms with Crippen LogP contribution in [0.2, 0.25) is 0 Å². The minimum absolute atomic E-state index is 0.0777. The molecule has 1 aliphatic rings. The van der Waals surface area contributed by atoms with E-state index >= 15 is 0 Å². The Balaban J connectivity index is 1.86. The fraction of sp³-hybridized carbons (Fsp3) is 0.909. The van der Waals surface area contributed by atoms with E-state index in [1.54, 1.807) is 7.05 Å². The molecule has 15 heavy (non-hydrogen) atoms. The SMILES string of the molecule is CNC(=O)CC(C)NCCOCC1CC1. The van der Waals surface area contributed by atoms with Gasteiger partial charge < -0.3 is 15.4 Å². The van der Waals surface area contributed by atoms with Crippen molar-refractivity contribution in [2.45, 2.75) is 32.2 Å². The lowest BCUT2D eigenvalue weighted by Crippen LogP contribution is -2.34. The molecular weight excluding hydrogens is 192 g/mol. The molecule has 0 bridgehead atoms. The molecule has 4 heteroatoms. The average Bonchev–Trinajstić information content (AvgIpc) is 3.01. The fourth-order valence-electron chi connectivity index (χ4n) is 1.36. The van der Waals surface area contributed by atoms with E-state index in [1.807, 2.05) is 6.92 Å². The Labute approximate surface area is 91.8 Å². The van der Waals surface area contributed by atoms with Crippen molar-refractivity contribution in [3.63, 3.8) is 0 Å². The van der Waals surface area contributed by atoms with Crippen molar-refractivity contribution in [1.29, 1.82) is 0 Å². The summed E-state index contributed by atoms with van der Waals surface area (Å²) in [7, 11) is 1.66. The minimum Gasteiger partial charge on any atom is -0.380 e. The molecule has 1 amide bonds. The zero-order valence-electron chi connectivity index (χ0n) is 9.71. The standard InChI is InChI=1S/C11H22N2O2/c1-9(7-11(14)12-2)13-5-6-15-8-10-3-4-10/h9-10,13H,3-8H2,1-2H3,(H,12,14). The molecule has 0 aromatic heterocycles. The minimum atomic E-state index is 0.0777. The van der Waals surface area contributed by atoms with Crippen molar-refractivity contribution in [3.8, 4) is 0 Å². The number of nitrogens with one attached hydrogen (secondary N) is 2. The summed E-state index contributed by atoms with van der Waals surface area (Å²) in [5.41, 5.74) is 0. The largest absolute Gasteiger partial charge is 0.380 e. The molecule has 0 radical (unpaired) electrons. The molecule has 0 heterocycles. The van der Waals surface area contributed by atoms with Crippen LogP contribution in [0.1, 0.15) is 26.2 Å². The van der Waals surface area contributed by atoms with Gasteiger partial charge in [0.2, 0.25) is 5.91 Å². The Morgan fingerprint density at radius 1 is 1.53 bits per heavy atom. The van der Waals surface area contributed by atoms with Crippen LogP contribution in [-0.2, 0) is 9.53 Å². The summed E-state index contributed by atoms with van der Waals surface area (Å²) in [4.78, 5) is 11.0. The zero-order chi connectivity index (χ0) is 11.1. The highest BCUT2D eigenvalue weighted by Crippen LogP contribution is 2.28. The fourth-order valence-corrected chi connectivity index (χ4v) is 1.36. The van der Waals surface area contributed by atoms with E-state index in [1.165, 1.54) is 12.8 Å². The van der Waals surface area contributed by atoms with E-state index in [4.69, 9.17) is 4.74 Å². The lowest BCUT2D eigenvalue weighted by atomic mass is 10.2. The number of ether oxygens (including phenoxy) is 1. The Morgan fingerprint density at radius 2 is 2.27 bits per heavy atom. The normalized spacial score (nSPS) is 17.5. The third-order valence-corrected chi connectivity index (χ3v) is 2.56. The Hall–Kier alpha value is -0.610. The van der Waals surface area contributed by atoms with Crippen LogP contribution in [-0.4, -0.2) is 38.8 Å². The molecule has 0 aliphatic heterocycles. The quantitative estimate of drug-likeness (QED) is 0.579. The Morgan fingerprint density at radius 3 is 2.87 bits per heavy atom. The molecule has 1 saturated carbocycles. The molecule has 2 N–H and O–H groups in total. The average molecular weight is 214 g/mol. The summed E-state index contributed by atoms with van der Waals surface area (Å²) in [6.45, 7) is 4.49. The molecule has 1 atom stereocenters. The molecule has 0 saturated heterocycles. The van der Waals surface area contributed by atoms with E-state index in [-0.39, 0.29) is 11.9 Å². The second-order valence-corrected chi connectivity index (χ2v) is 4.25. The molecule has 1 rings (SSSR count). The number of amides is 1. The van der Waals surface area contributed by atoms with Crippen LogP contribution in [0, 0.1) is 5.92 Å². The maximum absolute atomic E-state index is 11.0. The van der Waals surface area contributed by atoms with Gasteiger partial charge in [-0.2, -0.15) is 0 Å². The smallest absolute Gasteiger partial charge is 0.221 e. The monoisotopic (exact) mass is 214 g/mol. The van der Waals surface area contributed by atoms with Crippen molar-refractivity contribution in [3.05, 3.63) is 0 Å². The summed E-state index contributed by atoms with van der Waals surface area (Å²) in [5, 5.41) is 5.87. The van der Waals surface area contributed by atoms with E-state index in [0.29, 0.717) is 6.42 Å². The van der Waals surface area contributed by atoms with Crippen molar-refractivity contribution in [2.75, 3.05) is 26.8 Å². The number of rotatable bonds is 8. The van der Waals surface area contributed by atoms with Gasteiger partial charge in [0.25, 0.3) is 0 Å². The molecule has 1 aliphatic carbocycles. The summed E-state index contributed by atoms with van der Waals surface area (Å²) in [6, 6.07) is 0.217. The first-order valence-corrected chi connectivity index (χ1v) is 5.74. The van der Waals surface area contributed by atoms with Crippen molar-refractivity contribution >= 4 is 5.91 Å². The zero-order valence-corrected chi connectivity index (χ0v) is 9.71. The van der Waals surface area contributed by atoms with Gasteiger partial charge in [0.15, 0.2) is 0 Å². The van der Waals surface area contributed by atoms with Crippen molar-refractivity contribution in [2.24, 2.45) is 5.92 Å². The van der Waals surface area contributed by atoms with Gasteiger partial charge in [-0.25, -0.2) is 0 Å². The van der Waals surface area contributed by atoms with Gasteiger partial charge in [-0.15, -0.1) is 0 Å². The highest BCUT2D eigenvalue weighted by Gasteiger charge is 2.20. The molecule has 4 nitrogen and oxygen atoms in total. The van der Waals surface area contributed by atoms with E-state index < -0.39 is 0 Å². The summed E-state index contributed by atoms with van der Waals surface area (Å²) >= 11 is 0. The van der Waals surface area contributed by atoms with Crippen LogP contribution in [0.5, 0.6) is 0 Å². The predicted molar refractivity (Wildman–Crippen MR) is 59.7 cm³/mol. The third-order valence-electron chi connectivity index (χ3n) is 2.56. The van der Waals surface area contributed by atoms with E-state index in [0.717, 1.165) is 25.7 Å². The molecule has 0 spiro atoms. The predicted octanol–water partition coefficient (Wildman–Crippen LogP) is 0.527. The van der Waals surface area contributed by atoms with Gasteiger partial charge in [0, 0.05) is 32.7 Å². The maximum Gasteiger partial charge on any atom is 0.221 e. The van der Waals surface area contributed by atoms with Gasteiger partial charge in [-0.05, 0) is 25.7 Å². The third kappa shape index (κ3) is 6.47. The van der Waals surface area contributed by atoms with Crippen molar-refractivity contribution in [1.82, 2.24) is 10.6 Å². The van der Waals surface area contributed by atoms with Crippen molar-refractivity contribution < 1.29 is 9.53 Å². The second-order valence-electron chi connectivity index (χ2n) is 4.25. The summed E-state index contributed by atoms with van der Waals surface area (Å²) in [6.07, 6.45) is 3.19. The first kappa shape index (κ1) is 12.5. The molecule has 1 fully saturated rings. The van der Waals surface area contributed by atoms with E-state index in [2.05, 4.69) is 10.6 Å². The van der Waals surface area contributed by atoms with Gasteiger partial charge in [0.05, 0.1) is 6.61 Å². The topological polar surface area (TPSA) is 50.4 Å². The molecule has 0 aromatic rings. The van der Waals surface area contributed by atoms with Crippen LogP contribution < -0.4 is 10.6 Å². The van der Waals surface area contributed by atoms with Gasteiger partial charge >= 0.3 is 0 Å². The molecule has 0 aromatic carbocycles. The lowest BCUT2D eigenvalue weighted by Gasteiger charge is -2.12. The molecular formula is C11H22N2O2. The highest BCUT2D eigenvalue weighted by molar-refractivity contribution is 5.76. The number of carbonyl (C=O) groups is 1. The molecule has 88 valence electrons. The van der Waals surface area contributed by atoms with Gasteiger partial charge in [0.1, 0.15) is 0 Å². The lowest BCUT2D eigenvalue weighted by molar-refractivity contribution is -0.121. The summed E-state index contributed by atoms with van der Waals surface area (Å²) in [5.74, 6) is 0.905. The first-order chi connectivity index (χ1) is 7.22. The van der Waals surface area contributed by atoms with Crippen LogP contribution in [0.3, 0.4) is 0 Å². The van der Waals surface area contributed by atoms with Crippen LogP contribution in [0.15, 0.2) is 0 Å². The Bertz CT molecular complexity index is 193. The van der Waals surface area contributed by atoms with Gasteiger partial charge in [-0.1, -0.05) is 0 Å². The Kier molecular flexibility index (Phi) is 5.65. The second kappa shape index (κ2) is 6.80. The summed E-state index contributed by atoms with van der Waals surface area (Å²) < 4.78 is 5.48. The van der Waals surface area contributed by atoms with Crippen LogP contribution in [0.4, 0.5) is 0 Å². The number of hydrogen-bond donors (Lipinski definition) is 2. The van der Waals surface area contributed by atoms with Crippen LogP contribution in [0.25, 0.3) is 0 Å². The number of hydrogen-bond acceptors (Lipinski definition) is 3. The maximum atomic E-state index is 11.0.